The molecule has 0 aromatic heterocycles. The Morgan fingerprint density at radius 2 is 1.73 bits per heavy atom. The molecule has 0 aromatic carbocycles. The third-order valence-corrected chi connectivity index (χ3v) is 4.98. The number of carboxylic acids is 1. The molecule has 0 saturated heterocycles. The van der Waals surface area contributed by atoms with Crippen LogP contribution in [0.3, 0.4) is 0 Å². The van der Waals surface area contributed by atoms with Crippen molar-refractivity contribution in [2.45, 2.75) is 84.3 Å². The van der Waals surface area contributed by atoms with Gasteiger partial charge in [0.2, 0.25) is 5.91 Å². The molecule has 1 unspecified atom stereocenters. The molecule has 1 saturated carbocycles. The van der Waals surface area contributed by atoms with E-state index in [0.717, 1.165) is 25.7 Å². The van der Waals surface area contributed by atoms with Crippen molar-refractivity contribution in [1.29, 1.82) is 0 Å². The summed E-state index contributed by atoms with van der Waals surface area (Å²) in [5.41, 5.74) is -0.877. The van der Waals surface area contributed by atoms with E-state index in [1.165, 1.54) is 12.8 Å². The van der Waals surface area contributed by atoms with Gasteiger partial charge >= 0.3 is 5.97 Å². The number of hydrogen-bond acceptors (Lipinski definition) is 3. The molecule has 1 amide bonds. The van der Waals surface area contributed by atoms with Crippen molar-refractivity contribution in [2.24, 2.45) is 5.41 Å². The number of hydrogen-bond donors (Lipinski definition) is 2. The van der Waals surface area contributed by atoms with E-state index < -0.39 is 17.5 Å². The number of rotatable bonds is 8. The fraction of sp³-hybridized carbons (Fsp3) is 0.882. The number of amides is 1. The Bertz CT molecular complexity index is 358. The molecule has 0 bridgehead atoms. The molecule has 5 nitrogen and oxygen atoms in total. The Labute approximate surface area is 133 Å². The van der Waals surface area contributed by atoms with E-state index in [-0.39, 0.29) is 18.6 Å². The molecule has 0 heterocycles. The Kier molecular flexibility index (Phi) is 7.87. The highest BCUT2D eigenvalue weighted by atomic mass is 16.5. The predicted molar refractivity (Wildman–Crippen MR) is 85.7 cm³/mol. The summed E-state index contributed by atoms with van der Waals surface area (Å²) in [6.45, 7) is 5.59. The summed E-state index contributed by atoms with van der Waals surface area (Å²) < 4.78 is 5.87. The minimum absolute atomic E-state index is 0.157. The minimum atomic E-state index is -0.877. The van der Waals surface area contributed by atoms with Crippen molar-refractivity contribution >= 4 is 11.9 Å². The molecule has 0 radical (unpaired) electrons. The largest absolute Gasteiger partial charge is 0.481 e. The van der Waals surface area contributed by atoms with Crippen molar-refractivity contribution in [2.75, 3.05) is 6.54 Å². The first-order chi connectivity index (χ1) is 10.4. The van der Waals surface area contributed by atoms with Crippen LogP contribution in [0, 0.1) is 5.41 Å². The average molecular weight is 313 g/mol. The molecule has 1 fully saturated rings. The summed E-state index contributed by atoms with van der Waals surface area (Å²) >= 11 is 0. The van der Waals surface area contributed by atoms with Gasteiger partial charge in [0.15, 0.2) is 0 Å². The zero-order valence-corrected chi connectivity index (χ0v) is 14.2. The minimum Gasteiger partial charge on any atom is -0.481 e. The van der Waals surface area contributed by atoms with Crippen molar-refractivity contribution in [3.63, 3.8) is 0 Å². The van der Waals surface area contributed by atoms with Gasteiger partial charge in [-0.05, 0) is 32.6 Å². The Morgan fingerprint density at radius 1 is 1.18 bits per heavy atom. The van der Waals surface area contributed by atoms with Crippen LogP contribution < -0.4 is 5.32 Å². The van der Waals surface area contributed by atoms with Crippen LogP contribution in [0.25, 0.3) is 0 Å². The number of nitrogens with one attached hydrogen (secondary N) is 1. The number of carbonyl (C=O) groups excluding carboxylic acids is 1. The Morgan fingerprint density at radius 3 is 2.18 bits per heavy atom. The summed E-state index contributed by atoms with van der Waals surface area (Å²) in [7, 11) is 0. The monoisotopic (exact) mass is 313 g/mol. The average Bonchev–Trinajstić information content (AvgIpc) is 2.76. The SMILES string of the molecule is CCC(CC)(CNC(=O)C(C)OC1CCCCCC1)C(=O)O. The second kappa shape index (κ2) is 9.13. The fourth-order valence-electron chi connectivity index (χ4n) is 3.01. The van der Waals surface area contributed by atoms with Gasteiger partial charge in [-0.15, -0.1) is 0 Å². The van der Waals surface area contributed by atoms with Crippen molar-refractivity contribution in [1.82, 2.24) is 5.32 Å². The Balaban J connectivity index is 2.47. The standard InChI is InChI=1S/C17H31NO4/c1-4-17(5-2,16(20)21)12-18-15(19)13(3)22-14-10-8-6-7-9-11-14/h13-14H,4-12H2,1-3H3,(H,18,19)(H,20,21). The van der Waals surface area contributed by atoms with Gasteiger partial charge in [0.05, 0.1) is 11.5 Å². The molecule has 1 atom stereocenters. The fourth-order valence-corrected chi connectivity index (χ4v) is 3.01. The number of carboxylic acid groups (broad SMARTS) is 1. The lowest BCUT2D eigenvalue weighted by Gasteiger charge is -2.28. The first kappa shape index (κ1) is 18.9. The highest BCUT2D eigenvalue weighted by Crippen LogP contribution is 2.26. The zero-order chi connectivity index (χ0) is 16.6. The van der Waals surface area contributed by atoms with E-state index in [9.17, 15) is 14.7 Å². The van der Waals surface area contributed by atoms with Gasteiger partial charge in [-0.25, -0.2) is 0 Å². The maximum Gasteiger partial charge on any atom is 0.311 e. The van der Waals surface area contributed by atoms with Gasteiger partial charge in [-0.1, -0.05) is 39.5 Å². The first-order valence-electron chi connectivity index (χ1n) is 8.61. The molecule has 1 aliphatic carbocycles. The molecule has 2 N–H and O–H groups in total. The lowest BCUT2D eigenvalue weighted by atomic mass is 9.82. The van der Waals surface area contributed by atoms with Crippen molar-refractivity contribution in [3.05, 3.63) is 0 Å². The lowest BCUT2D eigenvalue weighted by Crippen LogP contribution is -2.46. The molecular formula is C17H31NO4. The molecule has 1 aliphatic rings. The summed E-state index contributed by atoms with van der Waals surface area (Å²) in [6.07, 6.45) is 7.46. The van der Waals surface area contributed by atoms with Crippen LogP contribution in [-0.2, 0) is 14.3 Å². The maximum absolute atomic E-state index is 12.2. The van der Waals surface area contributed by atoms with Crippen LogP contribution in [0.1, 0.15) is 72.1 Å². The predicted octanol–water partition coefficient (Wildman–Crippen LogP) is 3.12. The molecule has 128 valence electrons. The Hall–Kier alpha value is -1.10. The van der Waals surface area contributed by atoms with E-state index in [1.54, 1.807) is 6.92 Å². The van der Waals surface area contributed by atoms with Gasteiger partial charge in [0, 0.05) is 6.54 Å². The van der Waals surface area contributed by atoms with Gasteiger partial charge in [-0.3, -0.25) is 9.59 Å². The summed E-state index contributed by atoms with van der Waals surface area (Å²) in [4.78, 5) is 23.6. The van der Waals surface area contributed by atoms with Gasteiger partial charge in [0.1, 0.15) is 6.10 Å². The zero-order valence-electron chi connectivity index (χ0n) is 14.2. The molecule has 0 aliphatic heterocycles. The quantitative estimate of drug-likeness (QED) is 0.675. The normalized spacial score (nSPS) is 18.5. The van der Waals surface area contributed by atoms with E-state index in [4.69, 9.17) is 4.74 Å². The highest BCUT2D eigenvalue weighted by molar-refractivity contribution is 5.82. The highest BCUT2D eigenvalue weighted by Gasteiger charge is 2.35. The second-order valence-corrected chi connectivity index (χ2v) is 6.40. The van der Waals surface area contributed by atoms with Crippen LogP contribution in [0.2, 0.25) is 0 Å². The molecule has 1 rings (SSSR count). The first-order valence-corrected chi connectivity index (χ1v) is 8.61. The smallest absolute Gasteiger partial charge is 0.311 e. The number of aliphatic carboxylic acids is 1. The second-order valence-electron chi connectivity index (χ2n) is 6.40. The molecular weight excluding hydrogens is 282 g/mol. The summed E-state index contributed by atoms with van der Waals surface area (Å²) in [5.74, 6) is -1.06. The van der Waals surface area contributed by atoms with E-state index >= 15 is 0 Å². The third kappa shape index (κ3) is 5.27. The molecule has 5 heteroatoms. The molecule has 22 heavy (non-hydrogen) atoms. The maximum atomic E-state index is 12.2. The van der Waals surface area contributed by atoms with E-state index in [0.29, 0.717) is 12.8 Å². The van der Waals surface area contributed by atoms with Crippen molar-refractivity contribution in [3.8, 4) is 0 Å². The van der Waals surface area contributed by atoms with Crippen LogP contribution >= 0.6 is 0 Å². The third-order valence-electron chi connectivity index (χ3n) is 4.98. The van der Waals surface area contributed by atoms with E-state index in [2.05, 4.69) is 5.32 Å². The summed E-state index contributed by atoms with van der Waals surface area (Å²) in [5, 5.41) is 12.2. The van der Waals surface area contributed by atoms with Crippen LogP contribution in [-0.4, -0.2) is 35.7 Å². The van der Waals surface area contributed by atoms with Crippen LogP contribution in [0.4, 0.5) is 0 Å². The number of ether oxygens (including phenoxy) is 1. The van der Waals surface area contributed by atoms with Gasteiger partial charge in [-0.2, -0.15) is 0 Å². The number of carbonyl (C=O) groups is 2. The lowest BCUT2D eigenvalue weighted by molar-refractivity contribution is -0.150. The molecule has 0 aromatic rings. The van der Waals surface area contributed by atoms with Crippen LogP contribution in [0.15, 0.2) is 0 Å². The summed E-state index contributed by atoms with van der Waals surface area (Å²) in [6, 6.07) is 0. The van der Waals surface area contributed by atoms with Gasteiger partial charge in [0.25, 0.3) is 0 Å². The van der Waals surface area contributed by atoms with Gasteiger partial charge < -0.3 is 15.2 Å². The topological polar surface area (TPSA) is 75.6 Å². The van der Waals surface area contributed by atoms with Crippen molar-refractivity contribution < 1.29 is 19.4 Å². The van der Waals surface area contributed by atoms with Crippen LogP contribution in [0.5, 0.6) is 0 Å². The van der Waals surface area contributed by atoms with E-state index in [1.807, 2.05) is 13.8 Å². The molecule has 0 spiro atoms.